The zero-order valence-corrected chi connectivity index (χ0v) is 11.9. The molecule has 3 aliphatic rings. The third-order valence-corrected chi connectivity index (χ3v) is 5.29. The average molecular weight is 282 g/mol. The maximum atomic E-state index is 12.4. The molecule has 0 aromatic carbocycles. The highest BCUT2D eigenvalue weighted by Gasteiger charge is 2.76. The number of ketones is 1. The lowest BCUT2D eigenvalue weighted by Gasteiger charge is -2.47. The van der Waals surface area contributed by atoms with Gasteiger partial charge in [0.1, 0.15) is 5.60 Å². The summed E-state index contributed by atoms with van der Waals surface area (Å²) in [6, 6.07) is 0. The molecule has 6 heteroatoms. The molecule has 0 radical (unpaired) electrons. The second kappa shape index (κ2) is 3.62. The molecule has 2 bridgehead atoms. The van der Waals surface area contributed by atoms with Crippen LogP contribution >= 0.6 is 0 Å². The van der Waals surface area contributed by atoms with Crippen molar-refractivity contribution in [2.45, 2.75) is 44.7 Å². The van der Waals surface area contributed by atoms with E-state index in [4.69, 9.17) is 14.2 Å². The second-order valence-corrected chi connectivity index (χ2v) is 6.16. The van der Waals surface area contributed by atoms with E-state index in [0.29, 0.717) is 6.42 Å². The topological polar surface area (TPSA) is 82.1 Å². The lowest BCUT2D eigenvalue weighted by atomic mass is 9.59. The van der Waals surface area contributed by atoms with Crippen LogP contribution in [0.3, 0.4) is 0 Å². The zero-order chi connectivity index (χ0) is 14.9. The van der Waals surface area contributed by atoms with E-state index in [0.717, 1.165) is 6.08 Å². The first kappa shape index (κ1) is 13.6. The number of carbonyl (C=O) groups is 2. The second-order valence-electron chi connectivity index (χ2n) is 6.16. The van der Waals surface area contributed by atoms with Crippen molar-refractivity contribution in [1.29, 1.82) is 0 Å². The first-order valence-electron chi connectivity index (χ1n) is 6.63. The molecule has 3 aliphatic heterocycles. The van der Waals surface area contributed by atoms with Crippen LogP contribution in [0.4, 0.5) is 0 Å². The Morgan fingerprint density at radius 2 is 2.05 bits per heavy atom. The summed E-state index contributed by atoms with van der Waals surface area (Å²) >= 11 is 0. The number of rotatable bonds is 2. The van der Waals surface area contributed by atoms with E-state index >= 15 is 0 Å². The smallest absolute Gasteiger partial charge is 0.337 e. The molecule has 2 fully saturated rings. The summed E-state index contributed by atoms with van der Waals surface area (Å²) in [6.45, 7) is 5.16. The predicted octanol–water partition coefficient (Wildman–Crippen LogP) is 0.535. The quantitative estimate of drug-likeness (QED) is 0.744. The van der Waals surface area contributed by atoms with Crippen LogP contribution in [-0.4, -0.2) is 41.5 Å². The van der Waals surface area contributed by atoms with E-state index in [9.17, 15) is 14.7 Å². The minimum atomic E-state index is -1.97. The molecule has 0 amide bonds. The predicted molar refractivity (Wildman–Crippen MR) is 66.3 cm³/mol. The highest BCUT2D eigenvalue weighted by molar-refractivity contribution is 5.94. The molecule has 0 saturated carbocycles. The fraction of sp³-hybridized carbons (Fsp3) is 0.714. The number of methoxy groups -OCH3 is 1. The van der Waals surface area contributed by atoms with E-state index in [-0.39, 0.29) is 23.6 Å². The fourth-order valence-electron chi connectivity index (χ4n) is 3.76. The van der Waals surface area contributed by atoms with Crippen molar-refractivity contribution in [3.05, 3.63) is 11.8 Å². The molecule has 0 unspecified atom stereocenters. The normalized spacial score (nSPS) is 50.4. The third kappa shape index (κ3) is 1.22. The van der Waals surface area contributed by atoms with Crippen LogP contribution in [0.15, 0.2) is 11.8 Å². The zero-order valence-electron chi connectivity index (χ0n) is 11.9. The lowest BCUT2D eigenvalue weighted by molar-refractivity contribution is -0.260. The number of hydrogen-bond donors (Lipinski definition) is 1. The summed E-state index contributed by atoms with van der Waals surface area (Å²) in [7, 11) is 1.35. The van der Waals surface area contributed by atoms with Gasteiger partial charge < -0.3 is 19.3 Å². The summed E-state index contributed by atoms with van der Waals surface area (Å²) in [5.41, 5.74) is -2.28. The Balaban J connectivity index is 2.09. The molecule has 3 rings (SSSR count). The van der Waals surface area contributed by atoms with Crippen molar-refractivity contribution >= 4 is 11.8 Å². The lowest BCUT2D eigenvalue weighted by Crippen LogP contribution is -2.62. The van der Waals surface area contributed by atoms with Crippen LogP contribution in [-0.2, 0) is 23.8 Å². The van der Waals surface area contributed by atoms with Gasteiger partial charge in [-0.3, -0.25) is 4.79 Å². The highest BCUT2D eigenvalue weighted by atomic mass is 16.7. The summed E-state index contributed by atoms with van der Waals surface area (Å²) in [6.07, 6.45) is 1.24. The minimum Gasteiger partial charge on any atom is -0.494 e. The van der Waals surface area contributed by atoms with Crippen molar-refractivity contribution in [3.63, 3.8) is 0 Å². The Bertz CT molecular complexity index is 540. The van der Waals surface area contributed by atoms with Gasteiger partial charge in [-0.05, 0) is 20.3 Å². The Morgan fingerprint density at radius 3 is 2.55 bits per heavy atom. The van der Waals surface area contributed by atoms with Crippen LogP contribution in [0.1, 0.15) is 27.2 Å². The molecule has 6 nitrogen and oxygen atoms in total. The molecule has 0 aromatic heterocycles. The molecular formula is C14H18O6. The Labute approximate surface area is 116 Å². The van der Waals surface area contributed by atoms with Gasteiger partial charge in [0, 0.05) is 5.92 Å². The van der Waals surface area contributed by atoms with Crippen molar-refractivity contribution in [2.24, 2.45) is 11.3 Å². The molecule has 110 valence electrons. The van der Waals surface area contributed by atoms with Gasteiger partial charge in [0.05, 0.1) is 24.7 Å². The van der Waals surface area contributed by atoms with Crippen molar-refractivity contribution in [2.75, 3.05) is 7.11 Å². The van der Waals surface area contributed by atoms with Gasteiger partial charge in [-0.15, -0.1) is 0 Å². The van der Waals surface area contributed by atoms with Crippen molar-refractivity contribution in [1.82, 2.24) is 0 Å². The Hall–Kier alpha value is -1.40. The number of aliphatic hydroxyl groups is 1. The molecule has 5 atom stereocenters. The van der Waals surface area contributed by atoms with Crippen molar-refractivity contribution < 1.29 is 28.9 Å². The fourth-order valence-corrected chi connectivity index (χ4v) is 3.76. The molecule has 0 spiro atoms. The van der Waals surface area contributed by atoms with E-state index in [1.54, 1.807) is 13.8 Å². The average Bonchev–Trinajstić information content (AvgIpc) is 2.91. The van der Waals surface area contributed by atoms with Gasteiger partial charge in [-0.25, -0.2) is 4.79 Å². The van der Waals surface area contributed by atoms with E-state index < -0.39 is 22.8 Å². The molecular weight excluding hydrogens is 264 g/mol. The minimum absolute atomic E-state index is 0.0165. The highest BCUT2D eigenvalue weighted by Crippen LogP contribution is 2.62. The number of cyclic esters (lactones) is 1. The first-order valence-corrected chi connectivity index (χ1v) is 6.63. The number of Topliss-reactive ketones (excluding diaryl/α,β-unsaturated/α-hetero) is 1. The standard InChI is InChI=1S/C14H18O6/c1-7-8-6-12(2,13(3,19-8)11(7)16)14(17)9(18-4)5-10(15)20-14/h5,7-8,17H,6H2,1-4H3/t7-,8+,12+,13+,14-/m1/s1. The largest absolute Gasteiger partial charge is 0.494 e. The monoisotopic (exact) mass is 282 g/mol. The van der Waals surface area contributed by atoms with Crippen LogP contribution in [0, 0.1) is 11.3 Å². The van der Waals surface area contributed by atoms with Gasteiger partial charge >= 0.3 is 5.97 Å². The number of carbonyl (C=O) groups excluding carboxylic acids is 2. The third-order valence-electron chi connectivity index (χ3n) is 5.29. The van der Waals surface area contributed by atoms with E-state index in [2.05, 4.69) is 0 Å². The molecule has 2 saturated heterocycles. The maximum Gasteiger partial charge on any atom is 0.337 e. The van der Waals surface area contributed by atoms with Crippen LogP contribution < -0.4 is 0 Å². The molecule has 20 heavy (non-hydrogen) atoms. The maximum absolute atomic E-state index is 12.4. The Morgan fingerprint density at radius 1 is 1.40 bits per heavy atom. The molecule has 3 heterocycles. The van der Waals surface area contributed by atoms with Gasteiger partial charge in [0.15, 0.2) is 11.5 Å². The number of fused-ring (bicyclic) bond motifs is 2. The van der Waals surface area contributed by atoms with Gasteiger partial charge in [-0.1, -0.05) is 6.92 Å². The van der Waals surface area contributed by atoms with Gasteiger partial charge in [0.25, 0.3) is 5.79 Å². The van der Waals surface area contributed by atoms with E-state index in [1.807, 2.05) is 6.92 Å². The van der Waals surface area contributed by atoms with E-state index in [1.165, 1.54) is 7.11 Å². The SMILES string of the molecule is COC1=CC(=O)O[C@@]1(O)[C@@]1(C)C[C@@H]2O[C@@]1(C)C(=O)[C@@H]2C. The van der Waals surface area contributed by atoms with Gasteiger partial charge in [-0.2, -0.15) is 0 Å². The number of esters is 1. The summed E-state index contributed by atoms with van der Waals surface area (Å²) < 4.78 is 16.0. The first-order chi connectivity index (χ1) is 9.19. The number of hydrogen-bond acceptors (Lipinski definition) is 6. The Kier molecular flexibility index (Phi) is 2.46. The van der Waals surface area contributed by atoms with Gasteiger partial charge in [0.2, 0.25) is 0 Å². The van der Waals surface area contributed by atoms with Crippen LogP contribution in [0.25, 0.3) is 0 Å². The van der Waals surface area contributed by atoms with Crippen LogP contribution in [0.2, 0.25) is 0 Å². The molecule has 0 aromatic rings. The summed E-state index contributed by atoms with van der Waals surface area (Å²) in [5, 5.41) is 10.9. The van der Waals surface area contributed by atoms with Crippen molar-refractivity contribution in [3.8, 4) is 0 Å². The number of ether oxygens (including phenoxy) is 3. The van der Waals surface area contributed by atoms with Crippen LogP contribution in [0.5, 0.6) is 0 Å². The summed E-state index contributed by atoms with van der Waals surface area (Å²) in [4.78, 5) is 24.0. The summed E-state index contributed by atoms with van der Waals surface area (Å²) in [5.74, 6) is -2.94. The molecule has 0 aliphatic carbocycles. The molecule has 1 N–H and O–H groups in total.